The van der Waals surface area contributed by atoms with E-state index in [0.29, 0.717) is 0 Å². The maximum atomic E-state index is 12.5. The summed E-state index contributed by atoms with van der Waals surface area (Å²) >= 11 is 0. The Morgan fingerprint density at radius 2 is 1.27 bits per heavy atom. The molecule has 12 heteroatoms. The lowest BCUT2D eigenvalue weighted by Gasteiger charge is -2.14. The van der Waals surface area contributed by atoms with E-state index < -0.39 is 58.4 Å². The van der Waals surface area contributed by atoms with E-state index in [4.69, 9.17) is 18.9 Å². The molecule has 33 heavy (non-hydrogen) atoms. The van der Waals surface area contributed by atoms with E-state index in [2.05, 4.69) is 0 Å². The number of nitro benzene ring substituents is 1. The van der Waals surface area contributed by atoms with Gasteiger partial charge in [0.25, 0.3) is 5.69 Å². The Morgan fingerprint density at radius 3 is 1.70 bits per heavy atom. The molecule has 2 rings (SSSR count). The highest BCUT2D eigenvalue weighted by atomic mass is 16.6. The lowest BCUT2D eigenvalue weighted by atomic mass is 10.1. The van der Waals surface area contributed by atoms with E-state index in [-0.39, 0.29) is 16.8 Å². The first kappa shape index (κ1) is 24.7. The highest BCUT2D eigenvalue weighted by Crippen LogP contribution is 2.39. The van der Waals surface area contributed by atoms with Crippen molar-refractivity contribution in [2.24, 2.45) is 0 Å². The molecule has 0 aromatic heterocycles. The summed E-state index contributed by atoms with van der Waals surface area (Å²) in [5.74, 6) is -5.37. The molecule has 172 valence electrons. The molecule has 0 atom stereocenters. The summed E-state index contributed by atoms with van der Waals surface area (Å²) in [4.78, 5) is 69.0. The van der Waals surface area contributed by atoms with Crippen molar-refractivity contribution < 1.29 is 47.8 Å². The van der Waals surface area contributed by atoms with Gasteiger partial charge in [-0.25, -0.2) is 4.79 Å². The molecule has 0 aliphatic rings. The Bertz CT molecular complexity index is 1100. The lowest BCUT2D eigenvalue weighted by Crippen LogP contribution is -2.16. The minimum absolute atomic E-state index is 0.0693. The number of Topliss-reactive ketones (excluding diaryl/α,β-unsaturated/α-hetero) is 1. The van der Waals surface area contributed by atoms with E-state index >= 15 is 0 Å². The van der Waals surface area contributed by atoms with Crippen molar-refractivity contribution in [2.45, 2.75) is 20.8 Å². The Balaban J connectivity index is 2.29. The molecule has 0 bridgehead atoms. The van der Waals surface area contributed by atoms with E-state index in [1.807, 2.05) is 0 Å². The van der Waals surface area contributed by atoms with Gasteiger partial charge in [0, 0.05) is 38.5 Å². The molecule has 0 unspecified atom stereocenters. The first-order valence-corrected chi connectivity index (χ1v) is 9.16. The van der Waals surface area contributed by atoms with Crippen LogP contribution in [0, 0.1) is 10.1 Å². The molecule has 0 fully saturated rings. The van der Waals surface area contributed by atoms with Crippen LogP contribution >= 0.6 is 0 Å². The molecule has 0 aliphatic carbocycles. The first-order chi connectivity index (χ1) is 15.5. The van der Waals surface area contributed by atoms with Crippen LogP contribution in [0.5, 0.6) is 17.2 Å². The monoisotopic (exact) mass is 459 g/mol. The third-order valence-electron chi connectivity index (χ3n) is 3.74. The third kappa shape index (κ3) is 6.95. The van der Waals surface area contributed by atoms with Gasteiger partial charge in [-0.05, 0) is 24.3 Å². The summed E-state index contributed by atoms with van der Waals surface area (Å²) in [6.07, 6.45) is 0. The summed E-state index contributed by atoms with van der Waals surface area (Å²) in [6.45, 7) is 2.45. The quantitative estimate of drug-likeness (QED) is 0.187. The molecule has 2 aromatic carbocycles. The summed E-state index contributed by atoms with van der Waals surface area (Å²) in [6, 6.07) is 6.68. The molecule has 0 spiro atoms. The van der Waals surface area contributed by atoms with Gasteiger partial charge in [0.2, 0.25) is 5.75 Å². The highest BCUT2D eigenvalue weighted by molar-refractivity contribution is 6.00. The molecule has 0 aliphatic heterocycles. The SMILES string of the molecule is CC(=O)Oc1cc(C(=O)OCC(=O)c2ccc([N+](=O)[O-])cc2)cc(OC(C)=O)c1OC(C)=O. The second-order valence-corrected chi connectivity index (χ2v) is 6.39. The summed E-state index contributed by atoms with van der Waals surface area (Å²) in [5, 5.41) is 10.7. The zero-order valence-electron chi connectivity index (χ0n) is 17.6. The van der Waals surface area contributed by atoms with Crippen molar-refractivity contribution in [2.75, 3.05) is 6.61 Å². The van der Waals surface area contributed by atoms with Gasteiger partial charge in [0.1, 0.15) is 0 Å². The Kier molecular flexibility index (Phi) is 7.93. The minimum Gasteiger partial charge on any atom is -0.454 e. The molecule has 0 saturated carbocycles. The van der Waals surface area contributed by atoms with Crippen LogP contribution in [0.4, 0.5) is 5.69 Å². The number of non-ortho nitro benzene ring substituents is 1. The van der Waals surface area contributed by atoms with Crippen LogP contribution in [-0.4, -0.2) is 41.2 Å². The molecule has 0 saturated heterocycles. The van der Waals surface area contributed by atoms with Crippen LogP contribution in [0.3, 0.4) is 0 Å². The molecule has 0 amide bonds. The topological polar surface area (TPSA) is 165 Å². The van der Waals surface area contributed by atoms with Gasteiger partial charge < -0.3 is 18.9 Å². The van der Waals surface area contributed by atoms with Crippen molar-refractivity contribution in [3.63, 3.8) is 0 Å². The Labute approximate surface area is 186 Å². The number of nitrogens with zero attached hydrogens (tertiary/aromatic N) is 1. The van der Waals surface area contributed by atoms with E-state index in [1.54, 1.807) is 0 Å². The van der Waals surface area contributed by atoms with E-state index in [9.17, 15) is 34.1 Å². The second kappa shape index (κ2) is 10.6. The van der Waals surface area contributed by atoms with E-state index in [1.165, 1.54) is 12.1 Å². The van der Waals surface area contributed by atoms with Crippen LogP contribution in [0.15, 0.2) is 36.4 Å². The van der Waals surface area contributed by atoms with E-state index in [0.717, 1.165) is 45.0 Å². The smallest absolute Gasteiger partial charge is 0.338 e. The number of carbonyl (C=O) groups is 5. The predicted octanol–water partition coefficient (Wildman–Crippen LogP) is 2.41. The van der Waals surface area contributed by atoms with Crippen molar-refractivity contribution >= 4 is 35.3 Å². The number of esters is 4. The predicted molar refractivity (Wildman–Crippen MR) is 108 cm³/mol. The highest BCUT2D eigenvalue weighted by Gasteiger charge is 2.23. The van der Waals surface area contributed by atoms with Crippen LogP contribution < -0.4 is 14.2 Å². The van der Waals surface area contributed by atoms with Crippen LogP contribution in [0.2, 0.25) is 0 Å². The van der Waals surface area contributed by atoms with Gasteiger partial charge >= 0.3 is 23.9 Å². The first-order valence-electron chi connectivity index (χ1n) is 9.16. The molecule has 0 N–H and O–H groups in total. The van der Waals surface area contributed by atoms with Gasteiger partial charge in [-0.15, -0.1) is 0 Å². The number of carbonyl (C=O) groups excluding carboxylic acids is 5. The standard InChI is InChI=1S/C21H17NO11/c1-11(23)31-18-8-15(9-19(32-12(2)24)20(18)33-13(3)25)21(27)30-10-17(26)14-4-6-16(7-5-14)22(28)29/h4-9H,10H2,1-3H3. The number of ether oxygens (including phenoxy) is 4. The molecule has 12 nitrogen and oxygen atoms in total. The fourth-order valence-corrected chi connectivity index (χ4v) is 2.47. The molecule has 2 aromatic rings. The number of rotatable bonds is 8. The van der Waals surface area contributed by atoms with Crippen molar-refractivity contribution in [1.29, 1.82) is 0 Å². The van der Waals surface area contributed by atoms with Gasteiger partial charge in [-0.1, -0.05) is 0 Å². The van der Waals surface area contributed by atoms with Gasteiger partial charge in [0.15, 0.2) is 23.9 Å². The maximum absolute atomic E-state index is 12.5. The van der Waals surface area contributed by atoms with Crippen LogP contribution in [0.1, 0.15) is 41.5 Å². The summed E-state index contributed by atoms with van der Waals surface area (Å²) in [7, 11) is 0. The fourth-order valence-electron chi connectivity index (χ4n) is 2.47. The van der Waals surface area contributed by atoms with Gasteiger partial charge in [-0.3, -0.25) is 29.3 Å². The van der Waals surface area contributed by atoms with Crippen LogP contribution in [-0.2, 0) is 19.1 Å². The van der Waals surface area contributed by atoms with Gasteiger partial charge in [-0.2, -0.15) is 0 Å². The number of nitro groups is 1. The average molecular weight is 459 g/mol. The number of benzene rings is 2. The molecular formula is C21H17NO11. The largest absolute Gasteiger partial charge is 0.454 e. The van der Waals surface area contributed by atoms with Crippen molar-refractivity contribution in [1.82, 2.24) is 0 Å². The average Bonchev–Trinajstić information content (AvgIpc) is 2.72. The summed E-state index contributed by atoms with van der Waals surface area (Å²) in [5.41, 5.74) is -0.429. The fraction of sp³-hybridized carbons (Fsp3) is 0.190. The maximum Gasteiger partial charge on any atom is 0.338 e. The third-order valence-corrected chi connectivity index (χ3v) is 3.74. The summed E-state index contributed by atoms with van der Waals surface area (Å²) < 4.78 is 19.8. The Hall–Kier alpha value is -4.61. The zero-order valence-corrected chi connectivity index (χ0v) is 17.6. The number of ketones is 1. The lowest BCUT2D eigenvalue weighted by molar-refractivity contribution is -0.384. The number of hydrogen-bond donors (Lipinski definition) is 0. The van der Waals surface area contributed by atoms with Crippen molar-refractivity contribution in [3.8, 4) is 17.2 Å². The van der Waals surface area contributed by atoms with Gasteiger partial charge in [0.05, 0.1) is 10.5 Å². The normalized spacial score (nSPS) is 10.0. The number of hydrogen-bond acceptors (Lipinski definition) is 11. The second-order valence-electron chi connectivity index (χ2n) is 6.39. The molecular weight excluding hydrogens is 442 g/mol. The zero-order chi connectivity index (χ0) is 24.7. The van der Waals surface area contributed by atoms with Crippen molar-refractivity contribution in [3.05, 3.63) is 57.6 Å². The Morgan fingerprint density at radius 1 is 0.788 bits per heavy atom. The minimum atomic E-state index is -1.05. The van der Waals surface area contributed by atoms with Crippen LogP contribution in [0.25, 0.3) is 0 Å². The molecule has 0 radical (unpaired) electrons. The molecule has 0 heterocycles.